The number of aromatic hydroxyl groups is 2. The molecule has 0 radical (unpaired) electrons. The van der Waals surface area contributed by atoms with Crippen LogP contribution in [0.1, 0.15) is 11.1 Å². The summed E-state index contributed by atoms with van der Waals surface area (Å²) in [6.07, 6.45) is -1.06. The van der Waals surface area contributed by atoms with E-state index in [0.29, 0.717) is 17.9 Å². The standard InChI is InChI=1S/C17H18O7/c1-22-17(11-3-4-12(19)13(20)9-11)16(21)23-15-8-10(6-7-18)2-5-14(15)24-17/h2-5,8-9,16,18-21H,6-7H2,1H3/t16-,17-/m1/s1. The highest BCUT2D eigenvalue weighted by atomic mass is 16.8. The van der Waals surface area contributed by atoms with Gasteiger partial charge >= 0.3 is 5.79 Å². The number of aliphatic hydroxyl groups is 2. The molecular formula is C17H18O7. The van der Waals surface area contributed by atoms with Gasteiger partial charge in [0.25, 0.3) is 6.29 Å². The summed E-state index contributed by atoms with van der Waals surface area (Å²) in [6.45, 7) is -0.00298. The first-order chi connectivity index (χ1) is 11.5. The summed E-state index contributed by atoms with van der Waals surface area (Å²) in [5, 5.41) is 38.6. The maximum atomic E-state index is 10.4. The van der Waals surface area contributed by atoms with Crippen LogP contribution < -0.4 is 9.47 Å². The molecule has 1 aliphatic rings. The molecule has 0 spiro atoms. The van der Waals surface area contributed by atoms with E-state index in [1.165, 1.54) is 25.3 Å². The molecule has 2 aromatic carbocycles. The third-order valence-electron chi connectivity index (χ3n) is 3.91. The van der Waals surface area contributed by atoms with Crippen molar-refractivity contribution in [3.05, 3.63) is 47.5 Å². The van der Waals surface area contributed by atoms with Crippen LogP contribution in [0.2, 0.25) is 0 Å². The molecule has 0 saturated heterocycles. The minimum atomic E-state index is -1.70. The molecule has 0 bridgehead atoms. The number of benzene rings is 2. The van der Waals surface area contributed by atoms with Gasteiger partial charge in [0.05, 0.1) is 0 Å². The fraction of sp³-hybridized carbons (Fsp3) is 0.294. The molecule has 7 nitrogen and oxygen atoms in total. The summed E-state index contributed by atoms with van der Waals surface area (Å²) in [7, 11) is 1.33. The smallest absolute Gasteiger partial charge is 0.300 e. The Labute approximate surface area is 138 Å². The van der Waals surface area contributed by atoms with E-state index in [0.717, 1.165) is 5.56 Å². The van der Waals surface area contributed by atoms with Crippen molar-refractivity contribution in [2.45, 2.75) is 18.5 Å². The molecule has 1 heterocycles. The lowest BCUT2D eigenvalue weighted by Gasteiger charge is -2.40. The van der Waals surface area contributed by atoms with Crippen molar-refractivity contribution in [2.75, 3.05) is 13.7 Å². The van der Waals surface area contributed by atoms with E-state index in [1.807, 2.05) is 0 Å². The molecule has 1 aliphatic heterocycles. The zero-order valence-corrected chi connectivity index (χ0v) is 13.0. The summed E-state index contributed by atoms with van der Waals surface area (Å²) in [5.41, 5.74) is 1.11. The van der Waals surface area contributed by atoms with Gasteiger partial charge in [0.2, 0.25) is 0 Å². The molecule has 3 rings (SSSR count). The van der Waals surface area contributed by atoms with Crippen LogP contribution >= 0.6 is 0 Å². The topological polar surface area (TPSA) is 109 Å². The van der Waals surface area contributed by atoms with E-state index >= 15 is 0 Å². The van der Waals surface area contributed by atoms with Gasteiger partial charge in [-0.1, -0.05) is 6.07 Å². The highest BCUT2D eigenvalue weighted by Gasteiger charge is 2.49. The molecule has 0 amide bonds. The zero-order chi connectivity index (χ0) is 17.3. The summed E-state index contributed by atoms with van der Waals surface area (Å²) >= 11 is 0. The lowest BCUT2D eigenvalue weighted by molar-refractivity contribution is -0.299. The minimum Gasteiger partial charge on any atom is -0.504 e. The number of hydrogen-bond donors (Lipinski definition) is 4. The first kappa shape index (κ1) is 16.4. The Morgan fingerprint density at radius 3 is 2.54 bits per heavy atom. The van der Waals surface area contributed by atoms with Gasteiger partial charge in [-0.3, -0.25) is 0 Å². The Morgan fingerprint density at radius 1 is 1.08 bits per heavy atom. The van der Waals surface area contributed by atoms with Crippen molar-refractivity contribution in [1.82, 2.24) is 0 Å². The summed E-state index contributed by atoms with van der Waals surface area (Å²) in [5.74, 6) is -1.70. The molecule has 0 aliphatic carbocycles. The molecule has 2 aromatic rings. The van der Waals surface area contributed by atoms with Crippen LogP contribution in [0.5, 0.6) is 23.0 Å². The molecule has 0 unspecified atom stereocenters. The van der Waals surface area contributed by atoms with Crippen molar-refractivity contribution in [1.29, 1.82) is 0 Å². The van der Waals surface area contributed by atoms with E-state index in [-0.39, 0.29) is 23.7 Å². The first-order valence-electron chi connectivity index (χ1n) is 7.35. The third-order valence-corrected chi connectivity index (χ3v) is 3.91. The summed E-state index contributed by atoms with van der Waals surface area (Å²) in [4.78, 5) is 0. The number of phenols is 2. The van der Waals surface area contributed by atoms with Gasteiger partial charge in [-0.2, -0.15) is 0 Å². The Balaban J connectivity index is 2.02. The quantitative estimate of drug-likeness (QED) is 0.623. The van der Waals surface area contributed by atoms with Gasteiger partial charge < -0.3 is 34.6 Å². The Bertz CT molecular complexity index is 746. The summed E-state index contributed by atoms with van der Waals surface area (Å²) in [6, 6.07) is 9.04. The molecule has 4 N–H and O–H groups in total. The number of rotatable bonds is 4. The third kappa shape index (κ3) is 2.62. The average molecular weight is 334 g/mol. The molecule has 2 atom stereocenters. The normalized spacial score (nSPS) is 22.4. The second-order valence-electron chi connectivity index (χ2n) is 5.40. The number of methoxy groups -OCH3 is 1. The van der Waals surface area contributed by atoms with E-state index in [2.05, 4.69) is 0 Å². The Morgan fingerprint density at radius 2 is 1.88 bits per heavy atom. The highest BCUT2D eigenvalue weighted by molar-refractivity contribution is 5.47. The average Bonchev–Trinajstić information content (AvgIpc) is 2.57. The second kappa shape index (κ2) is 6.20. The number of ether oxygens (including phenoxy) is 3. The van der Waals surface area contributed by atoms with Gasteiger partial charge in [-0.25, -0.2) is 0 Å². The van der Waals surface area contributed by atoms with Crippen LogP contribution in [0.15, 0.2) is 36.4 Å². The Hall–Kier alpha value is -2.48. The monoisotopic (exact) mass is 334 g/mol. The minimum absolute atomic E-state index is 0.00298. The van der Waals surface area contributed by atoms with Crippen LogP contribution in [-0.2, 0) is 16.9 Å². The maximum absolute atomic E-state index is 10.4. The molecule has 0 aromatic heterocycles. The number of aliphatic hydroxyl groups excluding tert-OH is 2. The van der Waals surface area contributed by atoms with E-state index in [1.54, 1.807) is 18.2 Å². The van der Waals surface area contributed by atoms with Crippen molar-refractivity contribution in [2.24, 2.45) is 0 Å². The predicted octanol–water partition coefficient (Wildman–Crippen LogP) is 1.22. The molecule has 0 saturated carbocycles. The molecule has 0 fully saturated rings. The van der Waals surface area contributed by atoms with Crippen molar-refractivity contribution in [3.63, 3.8) is 0 Å². The van der Waals surface area contributed by atoms with Gasteiger partial charge in [0.15, 0.2) is 23.0 Å². The van der Waals surface area contributed by atoms with E-state index in [4.69, 9.17) is 19.3 Å². The van der Waals surface area contributed by atoms with Crippen molar-refractivity contribution >= 4 is 0 Å². The second-order valence-corrected chi connectivity index (χ2v) is 5.40. The molecule has 24 heavy (non-hydrogen) atoms. The van der Waals surface area contributed by atoms with Crippen LogP contribution in [0.4, 0.5) is 0 Å². The molecular weight excluding hydrogens is 316 g/mol. The van der Waals surface area contributed by atoms with Crippen molar-refractivity contribution < 1.29 is 34.6 Å². The van der Waals surface area contributed by atoms with E-state index in [9.17, 15) is 15.3 Å². The maximum Gasteiger partial charge on any atom is 0.300 e. The van der Waals surface area contributed by atoms with Crippen LogP contribution in [0.25, 0.3) is 0 Å². The number of hydrogen-bond acceptors (Lipinski definition) is 7. The number of fused-ring (bicyclic) bond motifs is 1. The van der Waals surface area contributed by atoms with Crippen molar-refractivity contribution in [3.8, 4) is 23.0 Å². The SMILES string of the molecule is CO[C@]1(c2ccc(O)c(O)c2)Oc2ccc(CCO)cc2O[C@H]1O. The number of phenolic OH excluding ortho intramolecular Hbond substituents is 2. The fourth-order valence-electron chi connectivity index (χ4n) is 2.63. The lowest BCUT2D eigenvalue weighted by atomic mass is 10.0. The first-order valence-corrected chi connectivity index (χ1v) is 7.35. The largest absolute Gasteiger partial charge is 0.504 e. The lowest BCUT2D eigenvalue weighted by Crippen LogP contribution is -2.51. The highest BCUT2D eigenvalue weighted by Crippen LogP contribution is 2.44. The van der Waals surface area contributed by atoms with Crippen LogP contribution in [0.3, 0.4) is 0 Å². The van der Waals surface area contributed by atoms with Gasteiger partial charge in [0, 0.05) is 19.3 Å². The fourth-order valence-corrected chi connectivity index (χ4v) is 2.63. The molecule has 128 valence electrons. The van der Waals surface area contributed by atoms with Gasteiger partial charge in [-0.15, -0.1) is 0 Å². The molecule has 7 heteroatoms. The predicted molar refractivity (Wildman–Crippen MR) is 83.0 cm³/mol. The van der Waals surface area contributed by atoms with Crippen LogP contribution in [-0.4, -0.2) is 40.4 Å². The van der Waals surface area contributed by atoms with Gasteiger partial charge in [0.1, 0.15) is 0 Å². The zero-order valence-electron chi connectivity index (χ0n) is 13.0. The Kier molecular flexibility index (Phi) is 4.23. The summed E-state index contributed by atoms with van der Waals surface area (Å²) < 4.78 is 16.7. The van der Waals surface area contributed by atoms with E-state index < -0.39 is 12.1 Å². The van der Waals surface area contributed by atoms with Crippen LogP contribution in [0, 0.1) is 0 Å². The van der Waals surface area contributed by atoms with Gasteiger partial charge in [-0.05, 0) is 42.3 Å².